The van der Waals surface area contributed by atoms with Gasteiger partial charge in [-0.05, 0) is 53.5 Å². The molecule has 0 fully saturated rings. The summed E-state index contributed by atoms with van der Waals surface area (Å²) in [6, 6.07) is 17.9. The Kier molecular flexibility index (Phi) is 7.52. The van der Waals surface area contributed by atoms with E-state index >= 15 is 0 Å². The molecule has 0 radical (unpaired) electrons. The van der Waals surface area contributed by atoms with E-state index in [4.69, 9.17) is 0 Å². The molecule has 0 spiro atoms. The Bertz CT molecular complexity index is 1230. The van der Waals surface area contributed by atoms with Crippen LogP contribution in [-0.4, -0.2) is 45.4 Å². The van der Waals surface area contributed by atoms with Crippen molar-refractivity contribution < 1.29 is 19.5 Å². The lowest BCUT2D eigenvalue weighted by Crippen LogP contribution is -2.42. The van der Waals surface area contributed by atoms with Crippen LogP contribution in [0.15, 0.2) is 79.1 Å². The van der Waals surface area contributed by atoms with E-state index in [9.17, 15) is 19.5 Å². The minimum atomic E-state index is -1.06. The van der Waals surface area contributed by atoms with Crippen molar-refractivity contribution in [2.24, 2.45) is 0 Å². The highest BCUT2D eigenvalue weighted by molar-refractivity contribution is 6.02. The van der Waals surface area contributed by atoms with Crippen molar-refractivity contribution in [2.75, 3.05) is 17.2 Å². The van der Waals surface area contributed by atoms with Crippen molar-refractivity contribution in [1.82, 2.24) is 9.88 Å². The number of nitrogens with zero attached hydrogens (tertiary/aromatic N) is 2. The number of anilines is 2. The maximum Gasteiger partial charge on any atom is 0.305 e. The van der Waals surface area contributed by atoms with Gasteiger partial charge in [0, 0.05) is 42.9 Å². The lowest BCUT2D eigenvalue weighted by Gasteiger charge is -2.24. The number of rotatable bonds is 8. The predicted molar refractivity (Wildman–Crippen MR) is 134 cm³/mol. The number of amides is 2. The van der Waals surface area contributed by atoms with Gasteiger partial charge in [0.15, 0.2) is 0 Å². The van der Waals surface area contributed by atoms with Crippen molar-refractivity contribution in [3.05, 3.63) is 95.8 Å². The zero-order valence-corrected chi connectivity index (χ0v) is 19.1. The average Bonchev–Trinajstić information content (AvgIpc) is 2.98. The smallest absolute Gasteiger partial charge is 0.305 e. The molecule has 35 heavy (non-hydrogen) atoms. The molecule has 0 saturated heterocycles. The van der Waals surface area contributed by atoms with Gasteiger partial charge in [-0.1, -0.05) is 36.4 Å². The fraction of sp³-hybridized carbons (Fsp3) is 0.185. The Hall–Kier alpha value is -4.46. The van der Waals surface area contributed by atoms with E-state index in [1.807, 2.05) is 36.4 Å². The van der Waals surface area contributed by atoms with Crippen molar-refractivity contribution in [1.29, 1.82) is 0 Å². The van der Waals surface area contributed by atoms with Crippen LogP contribution in [-0.2, 0) is 27.3 Å². The van der Waals surface area contributed by atoms with E-state index in [-0.39, 0.29) is 18.2 Å². The summed E-state index contributed by atoms with van der Waals surface area (Å²) in [4.78, 5) is 42.6. The molecule has 4 rings (SSSR count). The molecular formula is C27H26N4O4. The van der Waals surface area contributed by atoms with E-state index < -0.39 is 12.0 Å². The highest BCUT2D eigenvalue weighted by atomic mass is 16.4. The summed E-state index contributed by atoms with van der Waals surface area (Å²) in [6.45, 7) is 0.818. The van der Waals surface area contributed by atoms with Crippen molar-refractivity contribution in [2.45, 2.75) is 25.4 Å². The molecule has 0 saturated carbocycles. The zero-order chi connectivity index (χ0) is 24.6. The number of aromatic nitrogens is 1. The number of aliphatic carboxylic acids is 1. The summed E-state index contributed by atoms with van der Waals surface area (Å²) in [5.74, 6) is -1.63. The fourth-order valence-corrected chi connectivity index (χ4v) is 3.92. The number of carbonyl (C=O) groups excluding carboxylic acids is 2. The number of hydrogen-bond donors (Lipinski definition) is 3. The number of nitrogens with one attached hydrogen (secondary N) is 2. The Labute approximate surface area is 203 Å². The van der Waals surface area contributed by atoms with Crippen LogP contribution in [0.4, 0.5) is 11.4 Å². The fourth-order valence-electron chi connectivity index (χ4n) is 3.92. The Morgan fingerprint density at radius 1 is 1.11 bits per heavy atom. The van der Waals surface area contributed by atoms with E-state index in [0.717, 1.165) is 16.7 Å². The third-order valence-corrected chi connectivity index (χ3v) is 5.70. The molecule has 178 valence electrons. The van der Waals surface area contributed by atoms with Crippen molar-refractivity contribution in [3.8, 4) is 0 Å². The first-order valence-electron chi connectivity index (χ1n) is 11.3. The standard InChI is InChI=1S/C27H26N4O4/c32-25(9-6-20-10-13-28-14-11-20)29-22-8-7-21-18-31(15-12-19-4-2-1-3-5-19)27(35)24(17-26(33)34)30-23(21)16-22/h1-11,13-14,16,24,30H,12,15,17-18H2,(H,29,32)(H,33,34)/b9-6+. The van der Waals surface area contributed by atoms with E-state index in [0.29, 0.717) is 30.9 Å². The van der Waals surface area contributed by atoms with Crippen LogP contribution in [0.3, 0.4) is 0 Å². The van der Waals surface area contributed by atoms with Gasteiger partial charge in [0.05, 0.1) is 6.42 Å². The third kappa shape index (κ3) is 6.54. The predicted octanol–water partition coefficient (Wildman–Crippen LogP) is 3.57. The Morgan fingerprint density at radius 3 is 2.63 bits per heavy atom. The van der Waals surface area contributed by atoms with E-state index in [2.05, 4.69) is 15.6 Å². The summed E-state index contributed by atoms with van der Waals surface area (Å²) in [5.41, 5.74) is 3.97. The minimum absolute atomic E-state index is 0.259. The summed E-state index contributed by atoms with van der Waals surface area (Å²) in [6.07, 6.45) is 6.73. The van der Waals surface area contributed by atoms with Crippen LogP contribution >= 0.6 is 0 Å². The molecule has 2 aromatic carbocycles. The van der Waals surface area contributed by atoms with Crippen LogP contribution in [0.2, 0.25) is 0 Å². The van der Waals surface area contributed by atoms with Gasteiger partial charge in [-0.15, -0.1) is 0 Å². The Balaban J connectivity index is 1.50. The first-order chi connectivity index (χ1) is 17.0. The largest absolute Gasteiger partial charge is 0.481 e. The lowest BCUT2D eigenvalue weighted by molar-refractivity contribution is -0.141. The summed E-state index contributed by atoms with van der Waals surface area (Å²) >= 11 is 0. The first-order valence-corrected chi connectivity index (χ1v) is 11.3. The molecule has 1 aromatic heterocycles. The molecule has 2 heterocycles. The maximum atomic E-state index is 13.2. The monoisotopic (exact) mass is 470 g/mol. The van der Waals surface area contributed by atoms with E-state index in [1.165, 1.54) is 6.08 Å². The SMILES string of the molecule is O=C(O)CC1Nc2cc(NC(=O)/C=C/c3ccncc3)ccc2CN(CCc2ccccc2)C1=O. The van der Waals surface area contributed by atoms with Gasteiger partial charge in [0.25, 0.3) is 0 Å². The summed E-state index contributed by atoms with van der Waals surface area (Å²) < 4.78 is 0. The number of hydrogen-bond acceptors (Lipinski definition) is 5. The number of fused-ring (bicyclic) bond motifs is 1. The topological polar surface area (TPSA) is 112 Å². The zero-order valence-electron chi connectivity index (χ0n) is 19.1. The second-order valence-electron chi connectivity index (χ2n) is 8.27. The number of benzene rings is 2. The quantitative estimate of drug-likeness (QED) is 0.434. The van der Waals surface area contributed by atoms with Gasteiger partial charge < -0.3 is 20.6 Å². The van der Waals surface area contributed by atoms with Crippen LogP contribution < -0.4 is 10.6 Å². The highest BCUT2D eigenvalue weighted by Gasteiger charge is 2.30. The second kappa shape index (κ2) is 11.1. The Morgan fingerprint density at radius 2 is 1.89 bits per heavy atom. The van der Waals surface area contributed by atoms with E-state index in [1.54, 1.807) is 47.6 Å². The first kappa shape index (κ1) is 23.7. The van der Waals surface area contributed by atoms with Gasteiger partial charge in [0.1, 0.15) is 6.04 Å². The molecule has 3 N–H and O–H groups in total. The molecule has 8 heteroatoms. The van der Waals surface area contributed by atoms with Gasteiger partial charge in [-0.3, -0.25) is 19.4 Å². The average molecular weight is 471 g/mol. The molecule has 1 aliphatic heterocycles. The molecule has 3 aromatic rings. The molecule has 2 amide bonds. The van der Waals surface area contributed by atoms with Gasteiger partial charge in [-0.25, -0.2) is 0 Å². The van der Waals surface area contributed by atoms with Crippen molar-refractivity contribution in [3.63, 3.8) is 0 Å². The molecule has 0 bridgehead atoms. The van der Waals surface area contributed by atoms with Crippen molar-refractivity contribution >= 4 is 35.2 Å². The van der Waals surface area contributed by atoms with Crippen LogP contribution in [0.5, 0.6) is 0 Å². The molecule has 1 aliphatic rings. The van der Waals surface area contributed by atoms with Gasteiger partial charge >= 0.3 is 5.97 Å². The molecule has 0 aliphatic carbocycles. The summed E-state index contributed by atoms with van der Waals surface area (Å²) in [5, 5.41) is 15.3. The number of carboxylic acids is 1. The maximum absolute atomic E-state index is 13.2. The molecular weight excluding hydrogens is 444 g/mol. The number of carboxylic acid groups (broad SMARTS) is 1. The second-order valence-corrected chi connectivity index (χ2v) is 8.27. The van der Waals surface area contributed by atoms with Crippen LogP contribution in [0, 0.1) is 0 Å². The number of pyridine rings is 1. The molecule has 8 nitrogen and oxygen atoms in total. The highest BCUT2D eigenvalue weighted by Crippen LogP contribution is 2.27. The van der Waals surface area contributed by atoms with Gasteiger partial charge in [0.2, 0.25) is 11.8 Å². The molecule has 1 unspecified atom stereocenters. The normalized spacial score (nSPS) is 15.3. The third-order valence-electron chi connectivity index (χ3n) is 5.70. The van der Waals surface area contributed by atoms with Gasteiger partial charge in [-0.2, -0.15) is 0 Å². The minimum Gasteiger partial charge on any atom is -0.481 e. The molecule has 1 atom stereocenters. The lowest BCUT2D eigenvalue weighted by atomic mass is 10.1. The van der Waals surface area contributed by atoms with Crippen LogP contribution in [0.25, 0.3) is 6.08 Å². The van der Waals surface area contributed by atoms with Crippen LogP contribution in [0.1, 0.15) is 23.1 Å². The number of carbonyl (C=O) groups is 3. The summed E-state index contributed by atoms with van der Waals surface area (Å²) in [7, 11) is 0.